The van der Waals surface area contributed by atoms with Crippen LogP contribution in [0, 0.1) is 0 Å². The molecule has 15 heteroatoms. The molecule has 1 amide bonds. The Balaban J connectivity index is 1.32. The average Bonchev–Trinajstić information content (AvgIpc) is 2.94. The molecule has 3 heterocycles. The van der Waals surface area contributed by atoms with E-state index in [0.717, 1.165) is 44.5 Å². The molecule has 0 bridgehead atoms. The molecule has 2 saturated heterocycles. The number of anilines is 2. The molecule has 0 saturated carbocycles. The molecule has 1 atom stereocenters. The van der Waals surface area contributed by atoms with E-state index in [-0.39, 0.29) is 34.4 Å². The lowest BCUT2D eigenvalue weighted by Gasteiger charge is -2.47. The van der Waals surface area contributed by atoms with Crippen molar-refractivity contribution in [2.45, 2.75) is 51.2 Å². The zero-order chi connectivity index (χ0) is 29.7. The lowest BCUT2D eigenvalue weighted by atomic mass is 9.98. The van der Waals surface area contributed by atoms with E-state index in [1.54, 1.807) is 12.1 Å². The van der Waals surface area contributed by atoms with Gasteiger partial charge in [-0.25, -0.2) is 9.97 Å². The summed E-state index contributed by atoms with van der Waals surface area (Å²) < 4.78 is 41.2. The second kappa shape index (κ2) is 13.1. The van der Waals surface area contributed by atoms with Crippen molar-refractivity contribution in [3.05, 3.63) is 40.7 Å². The van der Waals surface area contributed by atoms with E-state index >= 15 is 0 Å². The molecule has 4 rings (SSSR count). The molecule has 0 spiro atoms. The lowest BCUT2D eigenvalue weighted by molar-refractivity contribution is -0.274. The number of hydrogen-bond donors (Lipinski definition) is 3. The van der Waals surface area contributed by atoms with Gasteiger partial charge in [0.05, 0.1) is 0 Å². The van der Waals surface area contributed by atoms with Crippen molar-refractivity contribution in [2.75, 3.05) is 50.4 Å². The number of rotatable bonds is 7. The predicted molar refractivity (Wildman–Crippen MR) is 151 cm³/mol. The number of aliphatic imine (C=N–C) groups is 1. The van der Waals surface area contributed by atoms with E-state index < -0.39 is 12.3 Å². The summed E-state index contributed by atoms with van der Waals surface area (Å²) in [7, 11) is 1.44. The normalized spacial score (nSPS) is 19.8. The van der Waals surface area contributed by atoms with Crippen LogP contribution in [-0.2, 0) is 6.54 Å². The number of nitrogens with one attached hydrogen (secondary N) is 1. The van der Waals surface area contributed by atoms with Crippen LogP contribution in [0.3, 0.4) is 0 Å². The SMILES string of the molecule is CC[C@H]1CN(c2nc(N)c(C(=O)NC(N)=NC)nc2Cl)CCN1C1CCN(Cc2ccc(OC(F)(F)F)cc2)CC1. The van der Waals surface area contributed by atoms with E-state index in [9.17, 15) is 18.0 Å². The third-order valence-electron chi connectivity index (χ3n) is 7.45. The van der Waals surface area contributed by atoms with Gasteiger partial charge in [-0.3, -0.25) is 24.9 Å². The first-order chi connectivity index (χ1) is 19.5. The highest BCUT2D eigenvalue weighted by molar-refractivity contribution is 6.32. The number of alkyl halides is 3. The summed E-state index contributed by atoms with van der Waals surface area (Å²) in [4.78, 5) is 31.6. The molecule has 0 unspecified atom stereocenters. The minimum atomic E-state index is -4.69. The molecule has 0 radical (unpaired) electrons. The second-order valence-corrected chi connectivity index (χ2v) is 10.4. The zero-order valence-electron chi connectivity index (χ0n) is 23.0. The monoisotopic (exact) mass is 597 g/mol. The molecule has 1 aromatic carbocycles. The first-order valence-electron chi connectivity index (χ1n) is 13.4. The van der Waals surface area contributed by atoms with E-state index in [0.29, 0.717) is 31.5 Å². The highest BCUT2D eigenvalue weighted by Crippen LogP contribution is 2.30. The quantitative estimate of drug-likeness (QED) is 0.325. The Morgan fingerprint density at radius 2 is 1.85 bits per heavy atom. The van der Waals surface area contributed by atoms with Crippen LogP contribution in [0.1, 0.15) is 42.2 Å². The first-order valence-corrected chi connectivity index (χ1v) is 13.8. The van der Waals surface area contributed by atoms with Crippen LogP contribution in [0.4, 0.5) is 24.8 Å². The molecule has 11 nitrogen and oxygen atoms in total. The van der Waals surface area contributed by atoms with Crippen LogP contribution in [0.2, 0.25) is 5.15 Å². The molecule has 5 N–H and O–H groups in total. The fourth-order valence-corrected chi connectivity index (χ4v) is 5.63. The van der Waals surface area contributed by atoms with Crippen LogP contribution in [0.25, 0.3) is 0 Å². The van der Waals surface area contributed by atoms with E-state index in [2.05, 4.69) is 46.6 Å². The van der Waals surface area contributed by atoms with Gasteiger partial charge in [-0.15, -0.1) is 13.2 Å². The van der Waals surface area contributed by atoms with Crippen molar-refractivity contribution in [3.63, 3.8) is 0 Å². The average molecular weight is 598 g/mol. The molecular weight excluding hydrogens is 563 g/mol. The maximum Gasteiger partial charge on any atom is 0.573 e. The topological polar surface area (TPSA) is 138 Å². The maximum absolute atomic E-state index is 12.4. The highest BCUT2D eigenvalue weighted by Gasteiger charge is 2.35. The molecule has 2 aliphatic rings. The maximum atomic E-state index is 12.4. The summed E-state index contributed by atoms with van der Waals surface area (Å²) in [6, 6.07) is 6.74. The van der Waals surface area contributed by atoms with Gasteiger partial charge in [0, 0.05) is 45.3 Å². The van der Waals surface area contributed by atoms with Crippen LogP contribution < -0.4 is 26.4 Å². The zero-order valence-corrected chi connectivity index (χ0v) is 23.8. The van der Waals surface area contributed by atoms with Crippen LogP contribution in [0.15, 0.2) is 29.3 Å². The van der Waals surface area contributed by atoms with Crippen molar-refractivity contribution in [1.82, 2.24) is 25.1 Å². The Kier molecular flexibility index (Phi) is 9.76. The Morgan fingerprint density at radius 1 is 1.17 bits per heavy atom. The predicted octanol–water partition coefficient (Wildman–Crippen LogP) is 2.85. The van der Waals surface area contributed by atoms with Crippen molar-refractivity contribution in [2.24, 2.45) is 10.7 Å². The van der Waals surface area contributed by atoms with Crippen molar-refractivity contribution in [1.29, 1.82) is 0 Å². The van der Waals surface area contributed by atoms with E-state index in [1.807, 2.05) is 0 Å². The first kappa shape index (κ1) is 30.6. The van der Waals surface area contributed by atoms with E-state index in [1.165, 1.54) is 19.2 Å². The second-order valence-electron chi connectivity index (χ2n) is 10.1. The standard InChI is InChI=1S/C26H35ClF3N9O2/c1-3-17-15-38(23-21(27)34-20(22(31)35-23)24(40)36-25(32)33-2)12-13-39(17)18-8-10-37(11-9-18)14-16-4-6-19(7-5-16)41-26(28,29)30/h4-7,17-18H,3,8-15H2,1-2H3,(H2,31,35)(H3,32,33,36,40)/t17-/m0/s1. The van der Waals surface area contributed by atoms with Gasteiger partial charge in [0.2, 0.25) is 0 Å². The molecule has 2 aromatic rings. The fraction of sp³-hybridized carbons (Fsp3) is 0.538. The number of piperazine rings is 1. The van der Waals surface area contributed by atoms with Crippen LogP contribution in [-0.4, -0.2) is 89.9 Å². The smallest absolute Gasteiger partial charge is 0.406 e. The van der Waals surface area contributed by atoms with Gasteiger partial charge < -0.3 is 21.1 Å². The van der Waals surface area contributed by atoms with Crippen molar-refractivity contribution < 1.29 is 22.7 Å². The summed E-state index contributed by atoms with van der Waals surface area (Å²) in [6.45, 7) is 6.80. The number of carbonyl (C=O) groups is 1. The fourth-order valence-electron chi connectivity index (χ4n) is 5.39. The molecule has 41 heavy (non-hydrogen) atoms. The Labute approximate surface area is 241 Å². The minimum absolute atomic E-state index is 0.0452. The number of amides is 1. The number of carbonyl (C=O) groups excluding carboxylic acids is 1. The number of halogens is 4. The molecule has 224 valence electrons. The summed E-state index contributed by atoms with van der Waals surface area (Å²) in [5, 5.41) is 2.47. The van der Waals surface area contributed by atoms with Gasteiger partial charge in [-0.05, 0) is 50.0 Å². The number of nitrogens with two attached hydrogens (primary N) is 2. The summed E-state index contributed by atoms with van der Waals surface area (Å²) in [5.74, 6) is -0.527. The van der Waals surface area contributed by atoms with Crippen molar-refractivity contribution in [3.8, 4) is 5.75 Å². The Bertz CT molecular complexity index is 1240. The molecule has 2 fully saturated rings. The van der Waals surface area contributed by atoms with Gasteiger partial charge in [-0.1, -0.05) is 30.7 Å². The number of nitrogen functional groups attached to an aromatic ring is 1. The number of aromatic nitrogens is 2. The van der Waals surface area contributed by atoms with Gasteiger partial charge >= 0.3 is 6.36 Å². The molecule has 2 aliphatic heterocycles. The number of hydrogen-bond acceptors (Lipinski definition) is 9. The Morgan fingerprint density at radius 3 is 2.46 bits per heavy atom. The number of nitrogens with zero attached hydrogens (tertiary/aromatic N) is 6. The highest BCUT2D eigenvalue weighted by atomic mass is 35.5. The van der Waals surface area contributed by atoms with Crippen LogP contribution in [0.5, 0.6) is 5.75 Å². The lowest BCUT2D eigenvalue weighted by Crippen LogP contribution is -2.58. The van der Waals surface area contributed by atoms with E-state index in [4.69, 9.17) is 23.1 Å². The number of likely N-dealkylation sites (tertiary alicyclic amines) is 1. The number of guanidine groups is 1. The number of benzene rings is 1. The molecule has 1 aromatic heterocycles. The van der Waals surface area contributed by atoms with Gasteiger partial charge in [-0.2, -0.15) is 0 Å². The third kappa shape index (κ3) is 7.89. The molecular formula is C26H35ClF3N9O2. The third-order valence-corrected chi connectivity index (χ3v) is 7.70. The number of ether oxygens (including phenoxy) is 1. The summed E-state index contributed by atoms with van der Waals surface area (Å²) in [5.41, 5.74) is 12.4. The largest absolute Gasteiger partial charge is 0.573 e. The summed E-state index contributed by atoms with van der Waals surface area (Å²) >= 11 is 6.46. The van der Waals surface area contributed by atoms with Gasteiger partial charge in [0.1, 0.15) is 5.75 Å². The van der Waals surface area contributed by atoms with Gasteiger partial charge in [0.15, 0.2) is 28.4 Å². The van der Waals surface area contributed by atoms with Gasteiger partial charge in [0.25, 0.3) is 5.91 Å². The minimum Gasteiger partial charge on any atom is -0.406 e. The Hall–Kier alpha value is -3.36. The van der Waals surface area contributed by atoms with Crippen molar-refractivity contribution >= 4 is 35.1 Å². The number of piperidine rings is 1. The summed E-state index contributed by atoms with van der Waals surface area (Å²) in [6.07, 6.45) is -1.78. The molecule has 0 aliphatic carbocycles. The van der Waals surface area contributed by atoms with Crippen LogP contribution >= 0.6 is 11.6 Å².